The van der Waals surface area contributed by atoms with Crippen LogP contribution in [0.1, 0.15) is 36.0 Å². The number of benzene rings is 1. The number of carbonyl (C=O) groups excluding carboxylic acids is 1. The van der Waals surface area contributed by atoms with Crippen molar-refractivity contribution in [2.45, 2.75) is 31.7 Å². The van der Waals surface area contributed by atoms with E-state index >= 15 is 0 Å². The molecular formula is C14H18BrClN2O. The van der Waals surface area contributed by atoms with Crippen molar-refractivity contribution in [3.05, 3.63) is 33.3 Å². The predicted molar refractivity (Wildman–Crippen MR) is 81.5 cm³/mol. The standard InChI is InChI=1S/C14H18BrClN2O/c15-13-9-10(16)4-5-12(13)14(19)18-8-2-1-3-11(18)6-7-17/h4-5,9,11H,1-3,6-8,17H2. The quantitative estimate of drug-likeness (QED) is 0.912. The molecule has 1 aliphatic rings. The average molecular weight is 346 g/mol. The van der Waals surface area contributed by atoms with Crippen LogP contribution in [-0.4, -0.2) is 29.9 Å². The number of piperidine rings is 1. The van der Waals surface area contributed by atoms with Gasteiger partial charge in [0.1, 0.15) is 0 Å². The zero-order valence-corrected chi connectivity index (χ0v) is 13.1. The van der Waals surface area contributed by atoms with Gasteiger partial charge in [-0.05, 0) is 66.4 Å². The molecule has 2 rings (SSSR count). The fraction of sp³-hybridized carbons (Fsp3) is 0.500. The van der Waals surface area contributed by atoms with Crippen LogP contribution in [-0.2, 0) is 0 Å². The zero-order chi connectivity index (χ0) is 13.8. The summed E-state index contributed by atoms with van der Waals surface area (Å²) < 4.78 is 0.752. The Bertz CT molecular complexity index is 465. The Kier molecular flexibility index (Phi) is 5.25. The molecule has 1 amide bonds. The number of likely N-dealkylation sites (tertiary alicyclic amines) is 1. The maximum atomic E-state index is 12.6. The van der Waals surface area contributed by atoms with Crippen LogP contribution in [0.15, 0.2) is 22.7 Å². The Hall–Kier alpha value is -0.580. The molecular weight excluding hydrogens is 328 g/mol. The highest BCUT2D eigenvalue weighted by Gasteiger charge is 2.27. The van der Waals surface area contributed by atoms with E-state index in [0.29, 0.717) is 17.1 Å². The molecule has 5 heteroatoms. The predicted octanol–water partition coefficient (Wildman–Crippen LogP) is 3.45. The van der Waals surface area contributed by atoms with Crippen LogP contribution in [0.25, 0.3) is 0 Å². The number of nitrogens with two attached hydrogens (primary N) is 1. The minimum atomic E-state index is 0.0710. The second-order valence-electron chi connectivity index (χ2n) is 4.85. The van der Waals surface area contributed by atoms with Crippen LogP contribution >= 0.6 is 27.5 Å². The monoisotopic (exact) mass is 344 g/mol. The normalized spacial score (nSPS) is 19.5. The second kappa shape index (κ2) is 6.73. The molecule has 0 radical (unpaired) electrons. The van der Waals surface area contributed by atoms with E-state index in [0.717, 1.165) is 30.3 Å². The van der Waals surface area contributed by atoms with E-state index in [1.165, 1.54) is 6.42 Å². The van der Waals surface area contributed by atoms with Crippen LogP contribution in [0.2, 0.25) is 5.02 Å². The molecule has 1 atom stereocenters. The second-order valence-corrected chi connectivity index (χ2v) is 6.14. The van der Waals surface area contributed by atoms with E-state index in [9.17, 15) is 4.79 Å². The summed E-state index contributed by atoms with van der Waals surface area (Å²) in [7, 11) is 0. The maximum absolute atomic E-state index is 12.6. The molecule has 2 N–H and O–H groups in total. The van der Waals surface area contributed by atoms with E-state index in [-0.39, 0.29) is 11.9 Å². The van der Waals surface area contributed by atoms with Gasteiger partial charge in [-0.25, -0.2) is 0 Å². The molecule has 19 heavy (non-hydrogen) atoms. The molecule has 1 aliphatic heterocycles. The average Bonchev–Trinajstić information content (AvgIpc) is 2.39. The number of amides is 1. The first-order valence-electron chi connectivity index (χ1n) is 6.59. The molecule has 1 saturated heterocycles. The molecule has 0 aliphatic carbocycles. The van der Waals surface area contributed by atoms with E-state index in [1.807, 2.05) is 4.90 Å². The van der Waals surface area contributed by atoms with Gasteiger partial charge in [0, 0.05) is 22.1 Å². The third-order valence-corrected chi connectivity index (χ3v) is 4.44. The molecule has 0 spiro atoms. The summed E-state index contributed by atoms with van der Waals surface area (Å²) in [5.41, 5.74) is 6.32. The van der Waals surface area contributed by atoms with Gasteiger partial charge in [-0.3, -0.25) is 4.79 Å². The molecule has 104 valence electrons. The van der Waals surface area contributed by atoms with Gasteiger partial charge in [-0.15, -0.1) is 0 Å². The van der Waals surface area contributed by atoms with Gasteiger partial charge in [0.2, 0.25) is 0 Å². The van der Waals surface area contributed by atoms with E-state index < -0.39 is 0 Å². The van der Waals surface area contributed by atoms with Gasteiger partial charge in [-0.2, -0.15) is 0 Å². The molecule has 0 saturated carbocycles. The lowest BCUT2D eigenvalue weighted by molar-refractivity contribution is 0.0604. The third-order valence-electron chi connectivity index (χ3n) is 3.55. The van der Waals surface area contributed by atoms with Gasteiger partial charge < -0.3 is 10.6 Å². The first-order chi connectivity index (χ1) is 9.13. The smallest absolute Gasteiger partial charge is 0.255 e. The lowest BCUT2D eigenvalue weighted by Crippen LogP contribution is -2.44. The lowest BCUT2D eigenvalue weighted by Gasteiger charge is -2.36. The van der Waals surface area contributed by atoms with E-state index in [4.69, 9.17) is 17.3 Å². The third kappa shape index (κ3) is 3.50. The Morgan fingerprint density at radius 3 is 2.95 bits per heavy atom. The van der Waals surface area contributed by atoms with Crippen LogP contribution < -0.4 is 5.73 Å². The molecule has 1 fully saturated rings. The van der Waals surface area contributed by atoms with Crippen LogP contribution in [0.4, 0.5) is 0 Å². The number of hydrogen-bond acceptors (Lipinski definition) is 2. The highest BCUT2D eigenvalue weighted by atomic mass is 79.9. The van der Waals surface area contributed by atoms with E-state index in [2.05, 4.69) is 15.9 Å². The topological polar surface area (TPSA) is 46.3 Å². The number of nitrogens with zero attached hydrogens (tertiary/aromatic N) is 1. The van der Waals surface area contributed by atoms with Crippen molar-refractivity contribution in [2.24, 2.45) is 5.73 Å². The summed E-state index contributed by atoms with van der Waals surface area (Å²) >= 11 is 9.33. The fourth-order valence-electron chi connectivity index (χ4n) is 2.58. The van der Waals surface area contributed by atoms with Crippen LogP contribution in [0.3, 0.4) is 0 Å². The van der Waals surface area contributed by atoms with Gasteiger partial charge in [-0.1, -0.05) is 11.6 Å². The molecule has 1 aromatic carbocycles. The Balaban J connectivity index is 2.21. The van der Waals surface area contributed by atoms with Crippen LogP contribution in [0.5, 0.6) is 0 Å². The fourth-order valence-corrected chi connectivity index (χ4v) is 3.43. The minimum Gasteiger partial charge on any atom is -0.336 e. The van der Waals surface area contributed by atoms with Crippen molar-refractivity contribution < 1.29 is 4.79 Å². The molecule has 1 aromatic rings. The molecule has 0 bridgehead atoms. The first kappa shape index (κ1) is 14.8. The molecule has 1 unspecified atom stereocenters. The Morgan fingerprint density at radius 2 is 2.26 bits per heavy atom. The molecule has 3 nitrogen and oxygen atoms in total. The van der Waals surface area contributed by atoms with Crippen LogP contribution in [0, 0.1) is 0 Å². The maximum Gasteiger partial charge on any atom is 0.255 e. The zero-order valence-electron chi connectivity index (χ0n) is 10.7. The van der Waals surface area contributed by atoms with Crippen molar-refractivity contribution in [1.29, 1.82) is 0 Å². The van der Waals surface area contributed by atoms with Gasteiger partial charge >= 0.3 is 0 Å². The van der Waals surface area contributed by atoms with Crippen molar-refractivity contribution in [2.75, 3.05) is 13.1 Å². The van der Waals surface area contributed by atoms with Gasteiger partial charge in [0.25, 0.3) is 5.91 Å². The summed E-state index contributed by atoms with van der Waals surface area (Å²) in [6, 6.07) is 5.56. The van der Waals surface area contributed by atoms with Gasteiger partial charge in [0.05, 0.1) is 5.56 Å². The number of hydrogen-bond donors (Lipinski definition) is 1. The number of halogens is 2. The van der Waals surface area contributed by atoms with E-state index in [1.54, 1.807) is 18.2 Å². The largest absolute Gasteiger partial charge is 0.336 e. The summed E-state index contributed by atoms with van der Waals surface area (Å²) in [6.07, 6.45) is 4.17. The molecule has 0 aromatic heterocycles. The SMILES string of the molecule is NCCC1CCCCN1C(=O)c1ccc(Cl)cc1Br. The highest BCUT2D eigenvalue weighted by molar-refractivity contribution is 9.10. The minimum absolute atomic E-state index is 0.0710. The highest BCUT2D eigenvalue weighted by Crippen LogP contribution is 2.26. The lowest BCUT2D eigenvalue weighted by atomic mass is 9.98. The summed E-state index contributed by atoms with van der Waals surface area (Å²) in [5.74, 6) is 0.0710. The first-order valence-corrected chi connectivity index (χ1v) is 7.76. The van der Waals surface area contributed by atoms with Crippen molar-refractivity contribution >= 4 is 33.4 Å². The Morgan fingerprint density at radius 1 is 1.47 bits per heavy atom. The van der Waals surface area contributed by atoms with Gasteiger partial charge in [0.15, 0.2) is 0 Å². The number of carbonyl (C=O) groups is 1. The Labute approximate surface area is 127 Å². The summed E-state index contributed by atoms with van der Waals surface area (Å²) in [6.45, 7) is 1.44. The van der Waals surface area contributed by atoms with Crippen molar-refractivity contribution in [3.8, 4) is 0 Å². The summed E-state index contributed by atoms with van der Waals surface area (Å²) in [4.78, 5) is 14.6. The van der Waals surface area contributed by atoms with Crippen molar-refractivity contribution in [1.82, 2.24) is 4.90 Å². The number of rotatable bonds is 3. The summed E-state index contributed by atoms with van der Waals surface area (Å²) in [5, 5.41) is 0.626. The van der Waals surface area contributed by atoms with Crippen molar-refractivity contribution in [3.63, 3.8) is 0 Å². The molecule has 1 heterocycles.